The van der Waals surface area contributed by atoms with E-state index in [4.69, 9.17) is 9.47 Å². The van der Waals surface area contributed by atoms with Gasteiger partial charge in [-0.1, -0.05) is 0 Å². The molecule has 22 heavy (non-hydrogen) atoms. The fourth-order valence-corrected chi connectivity index (χ4v) is 2.23. The Morgan fingerprint density at radius 3 is 2.18 bits per heavy atom. The third kappa shape index (κ3) is 5.00. The molecule has 0 heterocycles. The molecular weight excluding hydrogens is 298 g/mol. The molecule has 0 saturated heterocycles. The maximum atomic E-state index is 11.8. The molecule has 0 spiro atoms. The predicted molar refractivity (Wildman–Crippen MR) is 90.0 cm³/mol. The summed E-state index contributed by atoms with van der Waals surface area (Å²) in [6.07, 6.45) is 2.01. The molecule has 4 nitrogen and oxygen atoms in total. The Hall–Kier alpha value is -2.14. The van der Waals surface area contributed by atoms with Gasteiger partial charge in [-0.05, 0) is 61.7 Å². The standard InChI is InChI=1S/C17H19NO3S/c1-3-20-14-6-4-13(5-7-14)18-17(19)12-21-15-8-10-16(22-2)11-9-15/h4-11H,3,12H2,1-2H3,(H,18,19). The van der Waals surface area contributed by atoms with Crippen molar-refractivity contribution in [2.24, 2.45) is 0 Å². The highest BCUT2D eigenvalue weighted by atomic mass is 32.2. The van der Waals surface area contributed by atoms with Crippen molar-refractivity contribution in [2.75, 3.05) is 24.8 Å². The Balaban J connectivity index is 1.81. The summed E-state index contributed by atoms with van der Waals surface area (Å²) in [6.45, 7) is 2.53. The molecule has 0 unspecified atom stereocenters. The van der Waals surface area contributed by atoms with Crippen LogP contribution in [0.3, 0.4) is 0 Å². The van der Waals surface area contributed by atoms with E-state index in [9.17, 15) is 4.79 Å². The van der Waals surface area contributed by atoms with E-state index in [1.807, 2.05) is 49.6 Å². The number of ether oxygens (including phenoxy) is 2. The molecule has 5 heteroatoms. The Morgan fingerprint density at radius 1 is 1.00 bits per heavy atom. The van der Waals surface area contributed by atoms with Crippen LogP contribution >= 0.6 is 11.8 Å². The van der Waals surface area contributed by atoms with Crippen LogP contribution in [0.4, 0.5) is 5.69 Å². The Bertz CT molecular complexity index is 596. The number of amides is 1. The molecule has 1 amide bonds. The molecule has 0 aromatic heterocycles. The number of carbonyl (C=O) groups is 1. The smallest absolute Gasteiger partial charge is 0.262 e. The lowest BCUT2D eigenvalue weighted by molar-refractivity contribution is -0.118. The van der Waals surface area contributed by atoms with Crippen molar-refractivity contribution in [2.45, 2.75) is 11.8 Å². The molecule has 0 radical (unpaired) electrons. The molecule has 0 fully saturated rings. The van der Waals surface area contributed by atoms with Crippen molar-refractivity contribution in [3.05, 3.63) is 48.5 Å². The van der Waals surface area contributed by atoms with E-state index >= 15 is 0 Å². The summed E-state index contributed by atoms with van der Waals surface area (Å²) >= 11 is 1.66. The number of anilines is 1. The van der Waals surface area contributed by atoms with Gasteiger partial charge in [-0.15, -0.1) is 11.8 Å². The van der Waals surface area contributed by atoms with Crippen LogP contribution in [0, 0.1) is 0 Å². The molecule has 116 valence electrons. The fraction of sp³-hybridized carbons (Fsp3) is 0.235. The first kappa shape index (κ1) is 16.2. The van der Waals surface area contributed by atoms with E-state index in [0.29, 0.717) is 12.4 Å². The molecule has 0 aliphatic heterocycles. The normalized spacial score (nSPS) is 10.1. The van der Waals surface area contributed by atoms with Crippen molar-refractivity contribution in [1.82, 2.24) is 0 Å². The third-order valence-electron chi connectivity index (χ3n) is 2.88. The zero-order valence-electron chi connectivity index (χ0n) is 12.7. The minimum absolute atomic E-state index is 0.0220. The van der Waals surface area contributed by atoms with Crippen LogP contribution in [0.15, 0.2) is 53.4 Å². The number of carbonyl (C=O) groups excluding carboxylic acids is 1. The quantitative estimate of drug-likeness (QED) is 0.789. The third-order valence-corrected chi connectivity index (χ3v) is 3.62. The summed E-state index contributed by atoms with van der Waals surface area (Å²) in [5.41, 5.74) is 0.717. The highest BCUT2D eigenvalue weighted by Crippen LogP contribution is 2.19. The summed E-state index contributed by atoms with van der Waals surface area (Å²) in [7, 11) is 0. The Morgan fingerprint density at radius 2 is 1.59 bits per heavy atom. The van der Waals surface area contributed by atoms with Crippen LogP contribution in [0.5, 0.6) is 11.5 Å². The van der Waals surface area contributed by atoms with Crippen molar-refractivity contribution >= 4 is 23.4 Å². The van der Waals surface area contributed by atoms with Gasteiger partial charge in [-0.3, -0.25) is 4.79 Å². The first-order chi connectivity index (χ1) is 10.7. The highest BCUT2D eigenvalue weighted by Gasteiger charge is 2.04. The average molecular weight is 317 g/mol. The summed E-state index contributed by atoms with van der Waals surface area (Å²) in [6, 6.07) is 14.9. The number of hydrogen-bond acceptors (Lipinski definition) is 4. The zero-order chi connectivity index (χ0) is 15.8. The number of hydrogen-bond donors (Lipinski definition) is 1. The van der Waals surface area contributed by atoms with Gasteiger partial charge >= 0.3 is 0 Å². The largest absolute Gasteiger partial charge is 0.494 e. The van der Waals surface area contributed by atoms with Crippen LogP contribution in [-0.2, 0) is 4.79 Å². The van der Waals surface area contributed by atoms with Crippen LogP contribution in [0.2, 0.25) is 0 Å². The molecule has 2 rings (SSSR count). The lowest BCUT2D eigenvalue weighted by Crippen LogP contribution is -2.20. The predicted octanol–water partition coefficient (Wildman–Crippen LogP) is 3.82. The molecule has 2 aromatic carbocycles. The second-order valence-corrected chi connectivity index (χ2v) is 5.35. The van der Waals surface area contributed by atoms with Crippen molar-refractivity contribution in [3.63, 3.8) is 0 Å². The number of nitrogens with one attached hydrogen (secondary N) is 1. The fourth-order valence-electron chi connectivity index (χ4n) is 1.82. The van der Waals surface area contributed by atoms with Gasteiger partial charge in [0.25, 0.3) is 5.91 Å². The lowest BCUT2D eigenvalue weighted by atomic mass is 10.3. The van der Waals surface area contributed by atoms with Gasteiger partial charge in [0.15, 0.2) is 6.61 Å². The van der Waals surface area contributed by atoms with Crippen molar-refractivity contribution < 1.29 is 14.3 Å². The van der Waals surface area contributed by atoms with Crippen molar-refractivity contribution in [3.8, 4) is 11.5 Å². The van der Waals surface area contributed by atoms with Gasteiger partial charge in [0.2, 0.25) is 0 Å². The topological polar surface area (TPSA) is 47.6 Å². The monoisotopic (exact) mass is 317 g/mol. The molecule has 0 bridgehead atoms. The van der Waals surface area contributed by atoms with Crippen LogP contribution < -0.4 is 14.8 Å². The Kier molecular flexibility index (Phi) is 6.15. The number of benzene rings is 2. The molecule has 0 saturated carbocycles. The lowest BCUT2D eigenvalue weighted by Gasteiger charge is -2.09. The maximum absolute atomic E-state index is 11.8. The van der Waals surface area contributed by atoms with Gasteiger partial charge < -0.3 is 14.8 Å². The van der Waals surface area contributed by atoms with Crippen LogP contribution in [-0.4, -0.2) is 25.4 Å². The summed E-state index contributed by atoms with van der Waals surface area (Å²) in [5.74, 6) is 1.27. The summed E-state index contributed by atoms with van der Waals surface area (Å²) < 4.78 is 10.8. The van der Waals surface area contributed by atoms with E-state index in [-0.39, 0.29) is 12.5 Å². The molecular formula is C17H19NO3S. The minimum atomic E-state index is -0.196. The van der Waals surface area contributed by atoms with E-state index in [2.05, 4.69) is 5.32 Å². The van der Waals surface area contributed by atoms with Gasteiger partial charge in [0, 0.05) is 10.6 Å². The van der Waals surface area contributed by atoms with Gasteiger partial charge in [-0.25, -0.2) is 0 Å². The molecule has 0 aliphatic rings. The molecule has 2 aromatic rings. The van der Waals surface area contributed by atoms with Gasteiger partial charge in [0.05, 0.1) is 6.61 Å². The average Bonchev–Trinajstić information content (AvgIpc) is 2.55. The molecule has 1 N–H and O–H groups in total. The first-order valence-corrected chi connectivity index (χ1v) is 8.23. The van der Waals surface area contributed by atoms with Crippen LogP contribution in [0.1, 0.15) is 6.92 Å². The molecule has 0 atom stereocenters. The highest BCUT2D eigenvalue weighted by molar-refractivity contribution is 7.98. The van der Waals surface area contributed by atoms with Gasteiger partial charge in [-0.2, -0.15) is 0 Å². The van der Waals surface area contributed by atoms with Gasteiger partial charge in [0.1, 0.15) is 11.5 Å². The zero-order valence-corrected chi connectivity index (χ0v) is 13.5. The number of rotatable bonds is 7. The minimum Gasteiger partial charge on any atom is -0.494 e. The van der Waals surface area contributed by atoms with E-state index in [1.165, 1.54) is 0 Å². The number of thioether (sulfide) groups is 1. The first-order valence-electron chi connectivity index (χ1n) is 7.01. The molecule has 0 aliphatic carbocycles. The summed E-state index contributed by atoms with van der Waals surface area (Å²) in [5, 5.41) is 2.78. The maximum Gasteiger partial charge on any atom is 0.262 e. The second kappa shape index (κ2) is 8.34. The Labute approximate surface area is 134 Å². The van der Waals surface area contributed by atoms with E-state index < -0.39 is 0 Å². The SMILES string of the molecule is CCOc1ccc(NC(=O)COc2ccc(SC)cc2)cc1. The van der Waals surface area contributed by atoms with E-state index in [1.54, 1.807) is 23.9 Å². The van der Waals surface area contributed by atoms with Crippen molar-refractivity contribution in [1.29, 1.82) is 0 Å². The second-order valence-electron chi connectivity index (χ2n) is 4.47. The van der Waals surface area contributed by atoms with E-state index in [0.717, 1.165) is 16.3 Å². The summed E-state index contributed by atoms with van der Waals surface area (Å²) in [4.78, 5) is 13.0. The van der Waals surface area contributed by atoms with Crippen LogP contribution in [0.25, 0.3) is 0 Å².